The number of amides is 1. The number of carbonyl (C=O) groups is 2. The van der Waals surface area contributed by atoms with Crippen LogP contribution >= 0.6 is 11.6 Å². The molecule has 0 fully saturated rings. The summed E-state index contributed by atoms with van der Waals surface area (Å²) < 4.78 is 15.5. The summed E-state index contributed by atoms with van der Waals surface area (Å²) in [6.07, 6.45) is 1.52. The van der Waals surface area contributed by atoms with Gasteiger partial charge < -0.3 is 19.5 Å². The van der Waals surface area contributed by atoms with E-state index in [2.05, 4.69) is 5.32 Å². The van der Waals surface area contributed by atoms with Crippen molar-refractivity contribution in [2.45, 2.75) is 13.0 Å². The molecule has 1 unspecified atom stereocenters. The van der Waals surface area contributed by atoms with Gasteiger partial charge in [-0.05, 0) is 36.8 Å². The van der Waals surface area contributed by atoms with Gasteiger partial charge in [0.2, 0.25) is 6.79 Å². The van der Waals surface area contributed by atoms with E-state index in [4.69, 9.17) is 25.8 Å². The number of hydrogen-bond acceptors (Lipinski definition) is 7. The number of halogens is 1. The molecule has 0 radical (unpaired) electrons. The first kappa shape index (κ1) is 20.2. The number of nitrogens with one attached hydrogen (secondary N) is 1. The van der Waals surface area contributed by atoms with Crippen LogP contribution < -0.4 is 14.8 Å². The van der Waals surface area contributed by atoms with Gasteiger partial charge in [-0.3, -0.25) is 14.9 Å². The highest BCUT2D eigenvalue weighted by Gasteiger charge is 2.19. The van der Waals surface area contributed by atoms with Crippen LogP contribution in [0, 0.1) is 10.1 Å². The molecule has 3 rings (SSSR count). The van der Waals surface area contributed by atoms with E-state index in [0.29, 0.717) is 17.1 Å². The summed E-state index contributed by atoms with van der Waals surface area (Å²) >= 11 is 5.94. The van der Waals surface area contributed by atoms with Gasteiger partial charge in [0.1, 0.15) is 0 Å². The standard InChI is InChI=1S/C19H15ClN2O7/c1-11(19(24)21-15-9-13(22(25)26)4-5-14(15)20)29-18(23)7-3-12-2-6-16-17(8-12)28-10-27-16/h2-9,11H,10H2,1H3,(H,21,24). The Kier molecular flexibility index (Phi) is 5.99. The highest BCUT2D eigenvalue weighted by molar-refractivity contribution is 6.33. The van der Waals surface area contributed by atoms with E-state index in [1.807, 2.05) is 0 Å². The Hall–Kier alpha value is -3.59. The summed E-state index contributed by atoms with van der Waals surface area (Å²) in [6.45, 7) is 1.51. The minimum atomic E-state index is -1.15. The van der Waals surface area contributed by atoms with E-state index in [-0.39, 0.29) is 23.2 Å². The number of hydrogen-bond donors (Lipinski definition) is 1. The third kappa shape index (κ3) is 5.02. The van der Waals surface area contributed by atoms with E-state index >= 15 is 0 Å². The van der Waals surface area contributed by atoms with Crippen molar-refractivity contribution >= 4 is 40.9 Å². The number of rotatable bonds is 6. The maximum absolute atomic E-state index is 12.2. The minimum Gasteiger partial charge on any atom is -0.454 e. The Bertz CT molecular complexity index is 1010. The van der Waals surface area contributed by atoms with E-state index in [9.17, 15) is 19.7 Å². The van der Waals surface area contributed by atoms with Crippen LogP contribution in [0.25, 0.3) is 6.08 Å². The summed E-state index contributed by atoms with van der Waals surface area (Å²) in [6, 6.07) is 8.77. The quantitative estimate of drug-likeness (QED) is 0.330. The molecule has 1 N–H and O–H groups in total. The van der Waals surface area contributed by atoms with Crippen molar-refractivity contribution < 1.29 is 28.7 Å². The molecular formula is C19H15ClN2O7. The number of ether oxygens (including phenoxy) is 3. The van der Waals surface area contributed by atoms with Gasteiger partial charge in [0.25, 0.3) is 11.6 Å². The van der Waals surface area contributed by atoms with Crippen molar-refractivity contribution in [2.75, 3.05) is 12.1 Å². The van der Waals surface area contributed by atoms with Gasteiger partial charge in [-0.25, -0.2) is 4.79 Å². The first-order chi connectivity index (χ1) is 13.8. The highest BCUT2D eigenvalue weighted by atomic mass is 35.5. The molecule has 1 heterocycles. The number of carbonyl (C=O) groups excluding carboxylic acids is 2. The third-order valence-corrected chi connectivity index (χ3v) is 4.22. The van der Waals surface area contributed by atoms with Crippen molar-refractivity contribution in [1.82, 2.24) is 0 Å². The Morgan fingerprint density at radius 2 is 2.00 bits per heavy atom. The summed E-state index contributed by atoms with van der Waals surface area (Å²) in [5.41, 5.74) is 0.498. The second kappa shape index (κ2) is 8.61. The highest BCUT2D eigenvalue weighted by Crippen LogP contribution is 2.32. The molecule has 2 aromatic carbocycles. The number of nitro groups is 1. The Balaban J connectivity index is 1.58. The van der Waals surface area contributed by atoms with Crippen molar-refractivity contribution in [2.24, 2.45) is 0 Å². The van der Waals surface area contributed by atoms with Crippen LogP contribution in [-0.4, -0.2) is 29.7 Å². The SMILES string of the molecule is CC(OC(=O)C=Cc1ccc2c(c1)OCO2)C(=O)Nc1cc([N+](=O)[O-])ccc1Cl. The predicted molar refractivity (Wildman–Crippen MR) is 104 cm³/mol. The van der Waals surface area contributed by atoms with Crippen molar-refractivity contribution in [3.8, 4) is 11.5 Å². The van der Waals surface area contributed by atoms with Crippen LogP contribution in [0.15, 0.2) is 42.5 Å². The maximum atomic E-state index is 12.2. The predicted octanol–water partition coefficient (Wildman–Crippen LogP) is 3.56. The largest absolute Gasteiger partial charge is 0.454 e. The molecule has 0 bridgehead atoms. The van der Waals surface area contributed by atoms with Crippen LogP contribution in [0.3, 0.4) is 0 Å². The molecule has 0 aliphatic carbocycles. The molecule has 10 heteroatoms. The van der Waals surface area contributed by atoms with Crippen LogP contribution in [0.5, 0.6) is 11.5 Å². The molecule has 9 nitrogen and oxygen atoms in total. The fourth-order valence-electron chi connectivity index (χ4n) is 2.41. The van der Waals surface area contributed by atoms with Crippen LogP contribution in [0.2, 0.25) is 5.02 Å². The average molecular weight is 419 g/mol. The van der Waals surface area contributed by atoms with Gasteiger partial charge in [-0.1, -0.05) is 17.7 Å². The number of non-ortho nitro benzene ring substituents is 1. The molecule has 0 aromatic heterocycles. The van der Waals surface area contributed by atoms with Crippen LogP contribution in [0.4, 0.5) is 11.4 Å². The van der Waals surface area contributed by atoms with Gasteiger partial charge in [-0.15, -0.1) is 0 Å². The van der Waals surface area contributed by atoms with Gasteiger partial charge in [-0.2, -0.15) is 0 Å². The van der Waals surface area contributed by atoms with Crippen molar-refractivity contribution in [3.05, 3.63) is 63.2 Å². The Morgan fingerprint density at radius 1 is 1.24 bits per heavy atom. The fraction of sp³-hybridized carbons (Fsp3) is 0.158. The molecule has 0 saturated carbocycles. The van der Waals surface area contributed by atoms with E-state index in [0.717, 1.165) is 6.07 Å². The molecule has 0 saturated heterocycles. The molecule has 0 spiro atoms. The average Bonchev–Trinajstić information content (AvgIpc) is 3.15. The van der Waals surface area contributed by atoms with Gasteiger partial charge in [0.15, 0.2) is 17.6 Å². The number of benzene rings is 2. The summed E-state index contributed by atoms with van der Waals surface area (Å²) in [5, 5.41) is 13.4. The molecule has 1 aliphatic rings. The van der Waals surface area contributed by atoms with Crippen LogP contribution in [-0.2, 0) is 14.3 Å². The maximum Gasteiger partial charge on any atom is 0.331 e. The monoisotopic (exact) mass is 418 g/mol. The van der Waals surface area contributed by atoms with E-state index in [1.165, 1.54) is 31.2 Å². The lowest BCUT2D eigenvalue weighted by molar-refractivity contribution is -0.384. The lowest BCUT2D eigenvalue weighted by atomic mass is 10.2. The molecule has 29 heavy (non-hydrogen) atoms. The second-order valence-corrected chi connectivity index (χ2v) is 6.34. The fourth-order valence-corrected chi connectivity index (χ4v) is 2.57. The van der Waals surface area contributed by atoms with E-state index < -0.39 is 22.9 Å². The zero-order valence-corrected chi connectivity index (χ0v) is 15.8. The van der Waals surface area contributed by atoms with Gasteiger partial charge in [0, 0.05) is 18.2 Å². The summed E-state index contributed by atoms with van der Waals surface area (Å²) in [7, 11) is 0. The first-order valence-electron chi connectivity index (χ1n) is 8.36. The zero-order valence-electron chi connectivity index (χ0n) is 15.1. The molecule has 1 amide bonds. The molecular weight excluding hydrogens is 404 g/mol. The van der Waals surface area contributed by atoms with Gasteiger partial charge in [0.05, 0.1) is 15.6 Å². The lowest BCUT2D eigenvalue weighted by Gasteiger charge is -2.13. The number of anilines is 1. The molecule has 1 atom stereocenters. The minimum absolute atomic E-state index is 0.0460. The normalized spacial score (nSPS) is 13.2. The Labute approximate surface area is 170 Å². The second-order valence-electron chi connectivity index (χ2n) is 5.94. The first-order valence-corrected chi connectivity index (χ1v) is 8.74. The molecule has 150 valence electrons. The number of esters is 1. The lowest BCUT2D eigenvalue weighted by Crippen LogP contribution is -2.29. The number of nitrogens with zero attached hydrogens (tertiary/aromatic N) is 1. The number of nitro benzene ring substituents is 1. The molecule has 1 aliphatic heterocycles. The smallest absolute Gasteiger partial charge is 0.331 e. The van der Waals surface area contributed by atoms with Gasteiger partial charge >= 0.3 is 5.97 Å². The Morgan fingerprint density at radius 3 is 2.76 bits per heavy atom. The van der Waals surface area contributed by atoms with Crippen molar-refractivity contribution in [1.29, 1.82) is 0 Å². The summed E-state index contributed by atoms with van der Waals surface area (Å²) in [4.78, 5) is 34.4. The van der Waals surface area contributed by atoms with E-state index in [1.54, 1.807) is 18.2 Å². The third-order valence-electron chi connectivity index (χ3n) is 3.89. The molecule has 2 aromatic rings. The number of fused-ring (bicyclic) bond motifs is 1. The zero-order chi connectivity index (χ0) is 21.0. The summed E-state index contributed by atoms with van der Waals surface area (Å²) in [5.74, 6) is -0.232. The van der Waals surface area contributed by atoms with Crippen LogP contribution in [0.1, 0.15) is 12.5 Å². The van der Waals surface area contributed by atoms with Crippen molar-refractivity contribution in [3.63, 3.8) is 0 Å². The topological polar surface area (TPSA) is 117 Å².